The molecule has 1 atom stereocenters. The number of hydrogen-bond acceptors (Lipinski definition) is 3. The number of nitrogens with zero attached hydrogens (tertiary/aromatic N) is 1. The molecule has 1 fully saturated rings. The summed E-state index contributed by atoms with van der Waals surface area (Å²) >= 11 is 7.34. The number of likely N-dealkylation sites (tertiary alicyclic amines) is 1. The molecule has 2 aromatic rings. The molecule has 21 heavy (non-hydrogen) atoms. The van der Waals surface area contributed by atoms with Crippen molar-refractivity contribution in [3.63, 3.8) is 0 Å². The number of aliphatic carboxylic acids is 1. The van der Waals surface area contributed by atoms with Crippen LogP contribution >= 0.6 is 22.9 Å². The maximum Gasteiger partial charge on any atom is 0.308 e. The summed E-state index contributed by atoms with van der Waals surface area (Å²) < 4.78 is 0.664. The SMILES string of the molecule is O=C(O)C1CCN(C(=O)c2c[nH]cc2-c2ccc(Cl)s2)C1. The zero-order chi connectivity index (χ0) is 15.0. The summed E-state index contributed by atoms with van der Waals surface area (Å²) in [6.45, 7) is 0.746. The number of carbonyl (C=O) groups excluding carboxylic acids is 1. The number of carbonyl (C=O) groups is 2. The maximum atomic E-state index is 12.6. The van der Waals surface area contributed by atoms with Gasteiger partial charge in [0.1, 0.15) is 0 Å². The fourth-order valence-corrected chi connectivity index (χ4v) is 3.59. The lowest BCUT2D eigenvalue weighted by molar-refractivity contribution is -0.141. The smallest absolute Gasteiger partial charge is 0.308 e. The van der Waals surface area contributed by atoms with Gasteiger partial charge in [-0.3, -0.25) is 9.59 Å². The number of H-pyrrole nitrogens is 1. The summed E-state index contributed by atoms with van der Waals surface area (Å²) in [5.74, 6) is -1.45. The molecule has 5 nitrogen and oxygen atoms in total. The van der Waals surface area contributed by atoms with E-state index in [9.17, 15) is 9.59 Å². The van der Waals surface area contributed by atoms with Crippen molar-refractivity contribution < 1.29 is 14.7 Å². The maximum absolute atomic E-state index is 12.6. The summed E-state index contributed by atoms with van der Waals surface area (Å²) in [6, 6.07) is 3.66. The van der Waals surface area contributed by atoms with Gasteiger partial charge in [-0.05, 0) is 18.6 Å². The van der Waals surface area contributed by atoms with Crippen LogP contribution in [0.4, 0.5) is 0 Å². The van der Waals surface area contributed by atoms with Crippen molar-refractivity contribution in [1.29, 1.82) is 0 Å². The Kier molecular flexibility index (Phi) is 3.73. The van der Waals surface area contributed by atoms with Gasteiger partial charge in [-0.1, -0.05) is 11.6 Å². The van der Waals surface area contributed by atoms with Gasteiger partial charge in [0.2, 0.25) is 0 Å². The van der Waals surface area contributed by atoms with Crippen molar-refractivity contribution in [1.82, 2.24) is 9.88 Å². The lowest BCUT2D eigenvalue weighted by Gasteiger charge is -2.15. The van der Waals surface area contributed by atoms with Gasteiger partial charge < -0.3 is 15.0 Å². The molecular weight excluding hydrogens is 312 g/mol. The average molecular weight is 325 g/mol. The molecule has 3 heterocycles. The van der Waals surface area contributed by atoms with E-state index in [1.807, 2.05) is 6.07 Å². The second-order valence-electron chi connectivity index (χ2n) is 4.96. The molecule has 110 valence electrons. The first-order chi connectivity index (χ1) is 10.1. The van der Waals surface area contributed by atoms with E-state index in [2.05, 4.69) is 4.98 Å². The lowest BCUT2D eigenvalue weighted by Crippen LogP contribution is -2.30. The van der Waals surface area contributed by atoms with Gasteiger partial charge in [0.15, 0.2) is 0 Å². The topological polar surface area (TPSA) is 73.4 Å². The van der Waals surface area contributed by atoms with E-state index in [4.69, 9.17) is 16.7 Å². The Bertz CT molecular complexity index is 694. The number of carboxylic acid groups (broad SMARTS) is 1. The average Bonchev–Trinajstić information content (AvgIpc) is 3.17. The largest absolute Gasteiger partial charge is 0.481 e. The molecule has 1 saturated heterocycles. The molecule has 0 bridgehead atoms. The van der Waals surface area contributed by atoms with Gasteiger partial charge in [-0.2, -0.15) is 0 Å². The van der Waals surface area contributed by atoms with Gasteiger partial charge in [0.05, 0.1) is 15.8 Å². The quantitative estimate of drug-likeness (QED) is 0.911. The number of amides is 1. The number of aromatic amines is 1. The van der Waals surface area contributed by atoms with E-state index in [1.54, 1.807) is 23.4 Å². The molecule has 0 radical (unpaired) electrons. The Hall–Kier alpha value is -1.79. The van der Waals surface area contributed by atoms with Crippen LogP contribution in [0.15, 0.2) is 24.5 Å². The zero-order valence-corrected chi connectivity index (χ0v) is 12.6. The molecule has 1 aliphatic rings. The summed E-state index contributed by atoms with van der Waals surface area (Å²) in [7, 11) is 0. The van der Waals surface area contributed by atoms with Gasteiger partial charge in [-0.15, -0.1) is 11.3 Å². The van der Waals surface area contributed by atoms with Crippen molar-refractivity contribution in [2.75, 3.05) is 13.1 Å². The van der Waals surface area contributed by atoms with Crippen LogP contribution in [0.1, 0.15) is 16.8 Å². The monoisotopic (exact) mass is 324 g/mol. The summed E-state index contributed by atoms with van der Waals surface area (Å²) in [4.78, 5) is 29.0. The fraction of sp³-hybridized carbons (Fsp3) is 0.286. The molecule has 0 aliphatic carbocycles. The highest BCUT2D eigenvalue weighted by atomic mass is 35.5. The Labute approximate surface area is 130 Å². The molecule has 2 aromatic heterocycles. The first-order valence-electron chi connectivity index (χ1n) is 6.51. The minimum absolute atomic E-state index is 0.139. The van der Waals surface area contributed by atoms with Crippen LogP contribution in [0.5, 0.6) is 0 Å². The first kappa shape index (κ1) is 14.2. The number of hydrogen-bond donors (Lipinski definition) is 2. The predicted molar refractivity (Wildman–Crippen MR) is 80.8 cm³/mol. The highest BCUT2D eigenvalue weighted by Gasteiger charge is 2.32. The van der Waals surface area contributed by atoms with Crippen molar-refractivity contribution in [2.24, 2.45) is 5.92 Å². The van der Waals surface area contributed by atoms with Crippen LogP contribution < -0.4 is 0 Å². The highest BCUT2D eigenvalue weighted by Crippen LogP contribution is 2.34. The Morgan fingerprint density at radius 2 is 2.19 bits per heavy atom. The minimum atomic E-state index is -0.843. The number of aromatic nitrogens is 1. The summed E-state index contributed by atoms with van der Waals surface area (Å²) in [5.41, 5.74) is 1.36. The van der Waals surface area contributed by atoms with E-state index >= 15 is 0 Å². The van der Waals surface area contributed by atoms with Crippen molar-refractivity contribution in [3.05, 3.63) is 34.4 Å². The number of nitrogens with one attached hydrogen (secondary N) is 1. The molecule has 0 spiro atoms. The summed E-state index contributed by atoms with van der Waals surface area (Å²) in [5, 5.41) is 9.02. The molecule has 0 saturated carbocycles. The van der Waals surface area contributed by atoms with Crippen LogP contribution in [0, 0.1) is 5.92 Å². The van der Waals surface area contributed by atoms with Crippen molar-refractivity contribution >= 4 is 34.8 Å². The predicted octanol–water partition coefficient (Wildman–Crippen LogP) is 2.94. The molecule has 0 aromatic carbocycles. The van der Waals surface area contributed by atoms with Crippen molar-refractivity contribution in [2.45, 2.75) is 6.42 Å². The molecule has 7 heteroatoms. The van der Waals surface area contributed by atoms with Gasteiger partial charge in [0.25, 0.3) is 5.91 Å². The first-order valence-corrected chi connectivity index (χ1v) is 7.70. The second-order valence-corrected chi connectivity index (χ2v) is 6.68. The number of rotatable bonds is 3. The van der Waals surface area contributed by atoms with Crippen LogP contribution in [0.25, 0.3) is 10.4 Å². The zero-order valence-electron chi connectivity index (χ0n) is 11.0. The van der Waals surface area contributed by atoms with Crippen LogP contribution in [-0.2, 0) is 4.79 Å². The molecular formula is C14H13ClN2O3S. The Balaban J connectivity index is 1.84. The third-order valence-corrected chi connectivity index (χ3v) is 4.90. The number of carboxylic acids is 1. The van der Waals surface area contributed by atoms with E-state index < -0.39 is 11.9 Å². The highest BCUT2D eigenvalue weighted by molar-refractivity contribution is 7.19. The molecule has 1 unspecified atom stereocenters. The van der Waals surface area contributed by atoms with Gasteiger partial charge in [0, 0.05) is 35.9 Å². The third kappa shape index (κ3) is 2.69. The van der Waals surface area contributed by atoms with Gasteiger partial charge in [-0.25, -0.2) is 0 Å². The van der Waals surface area contributed by atoms with E-state index in [0.29, 0.717) is 22.9 Å². The molecule has 2 N–H and O–H groups in total. The van der Waals surface area contributed by atoms with E-state index in [1.165, 1.54) is 11.3 Å². The van der Waals surface area contributed by atoms with E-state index in [-0.39, 0.29) is 12.5 Å². The standard InChI is InChI=1S/C14H13ClN2O3S/c15-12-2-1-11(21-12)9-5-16-6-10(9)13(18)17-4-3-8(7-17)14(19)20/h1-2,5-6,8,16H,3-4,7H2,(H,19,20). The summed E-state index contributed by atoms with van der Waals surface area (Å²) in [6.07, 6.45) is 3.92. The Morgan fingerprint density at radius 1 is 1.38 bits per heavy atom. The number of halogens is 1. The van der Waals surface area contributed by atoms with Crippen molar-refractivity contribution in [3.8, 4) is 10.4 Å². The molecule has 1 aliphatic heterocycles. The van der Waals surface area contributed by atoms with Crippen LogP contribution in [-0.4, -0.2) is 40.0 Å². The van der Waals surface area contributed by atoms with E-state index in [0.717, 1.165) is 10.4 Å². The molecule has 3 rings (SSSR count). The van der Waals surface area contributed by atoms with Crippen LogP contribution in [0.3, 0.4) is 0 Å². The normalized spacial score (nSPS) is 18.1. The molecule has 1 amide bonds. The number of thiophene rings is 1. The Morgan fingerprint density at radius 3 is 2.81 bits per heavy atom. The third-order valence-electron chi connectivity index (χ3n) is 3.64. The fourth-order valence-electron chi connectivity index (χ4n) is 2.52. The van der Waals surface area contributed by atoms with Crippen LogP contribution in [0.2, 0.25) is 4.34 Å². The minimum Gasteiger partial charge on any atom is -0.481 e. The van der Waals surface area contributed by atoms with Gasteiger partial charge >= 0.3 is 5.97 Å². The lowest BCUT2D eigenvalue weighted by atomic mass is 10.1. The second kappa shape index (κ2) is 5.54.